The molecule has 1 aliphatic carbocycles. The number of aromatic amines is 1. The Labute approximate surface area is 63.4 Å². The minimum Gasteiger partial charge on any atom is -0.348 e. The van der Waals surface area contributed by atoms with Crippen LogP contribution in [0.1, 0.15) is 25.1 Å². The van der Waals surface area contributed by atoms with Crippen molar-refractivity contribution in [3.05, 3.63) is 10.7 Å². The van der Waals surface area contributed by atoms with Crippen LogP contribution in [0.5, 0.6) is 0 Å². The largest absolute Gasteiger partial charge is 0.348 e. The number of nitrogens with zero attached hydrogens (tertiary/aromatic N) is 1. The lowest BCUT2D eigenvalue weighted by Gasteiger charge is -1.83. The summed E-state index contributed by atoms with van der Waals surface area (Å²) >= 11 is 4.71. The molecule has 1 aromatic rings. The lowest BCUT2D eigenvalue weighted by molar-refractivity contribution is 0.398. The number of nitrogens with one attached hydrogen (secondary N) is 1. The molecular weight excluding hydrogens is 148 g/mol. The summed E-state index contributed by atoms with van der Waals surface area (Å²) in [6.07, 6.45) is 1.21. The lowest BCUT2D eigenvalue weighted by Crippen LogP contribution is -1.82. The Bertz CT molecular complexity index is 290. The van der Waals surface area contributed by atoms with Crippen LogP contribution in [0.15, 0.2) is 4.52 Å². The Balaban J connectivity index is 2.27. The molecule has 1 fully saturated rings. The van der Waals surface area contributed by atoms with Crippen molar-refractivity contribution in [1.82, 2.24) is 10.1 Å². The van der Waals surface area contributed by atoms with Crippen LogP contribution < -0.4 is 0 Å². The molecule has 0 bridgehead atoms. The van der Waals surface area contributed by atoms with E-state index in [-0.39, 0.29) is 0 Å². The zero-order valence-electron chi connectivity index (χ0n) is 5.63. The summed E-state index contributed by atoms with van der Waals surface area (Å²) < 4.78 is 4.79. The zero-order valence-corrected chi connectivity index (χ0v) is 6.44. The van der Waals surface area contributed by atoms with Gasteiger partial charge in [0.2, 0.25) is 0 Å². The fourth-order valence-electron chi connectivity index (χ4n) is 1.10. The normalized spacial score (nSPS) is 30.5. The predicted octanol–water partition coefficient (Wildman–Crippen LogP) is 1.86. The summed E-state index contributed by atoms with van der Waals surface area (Å²) in [5.41, 5.74) is 0. The maximum absolute atomic E-state index is 4.79. The maximum atomic E-state index is 4.79. The highest BCUT2D eigenvalue weighted by Crippen LogP contribution is 2.45. The van der Waals surface area contributed by atoms with Gasteiger partial charge in [0, 0.05) is 5.92 Å². The number of hydrogen-bond donors (Lipinski definition) is 1. The van der Waals surface area contributed by atoms with Crippen molar-refractivity contribution in [2.24, 2.45) is 5.92 Å². The van der Waals surface area contributed by atoms with Gasteiger partial charge < -0.3 is 4.52 Å². The monoisotopic (exact) mass is 156 g/mol. The smallest absolute Gasteiger partial charge is 0.314 e. The van der Waals surface area contributed by atoms with Crippen LogP contribution in [0.2, 0.25) is 0 Å². The van der Waals surface area contributed by atoms with Crippen molar-refractivity contribution >= 4 is 12.2 Å². The summed E-state index contributed by atoms with van der Waals surface area (Å²) in [5.74, 6) is 2.23. The summed E-state index contributed by atoms with van der Waals surface area (Å²) in [6, 6.07) is 0. The summed E-state index contributed by atoms with van der Waals surface area (Å²) in [5, 5.41) is 2.71. The van der Waals surface area contributed by atoms with Crippen molar-refractivity contribution < 1.29 is 4.52 Å². The van der Waals surface area contributed by atoms with E-state index in [1.54, 1.807) is 0 Å². The van der Waals surface area contributed by atoms with Crippen molar-refractivity contribution in [3.8, 4) is 0 Å². The van der Waals surface area contributed by atoms with E-state index in [0.717, 1.165) is 11.7 Å². The minimum absolute atomic E-state index is 0.314. The van der Waals surface area contributed by atoms with Gasteiger partial charge in [0.1, 0.15) is 5.82 Å². The average molecular weight is 156 g/mol. The molecule has 0 aromatic carbocycles. The molecule has 0 saturated heterocycles. The van der Waals surface area contributed by atoms with Crippen molar-refractivity contribution in [3.63, 3.8) is 0 Å². The topological polar surface area (TPSA) is 41.8 Å². The van der Waals surface area contributed by atoms with Crippen LogP contribution in [-0.4, -0.2) is 10.1 Å². The van der Waals surface area contributed by atoms with Gasteiger partial charge in [-0.05, 0) is 24.6 Å². The molecule has 0 aliphatic heterocycles. The molecule has 2 atom stereocenters. The van der Waals surface area contributed by atoms with E-state index in [9.17, 15) is 0 Å². The van der Waals surface area contributed by atoms with Gasteiger partial charge in [-0.3, -0.25) is 0 Å². The molecule has 0 spiro atoms. The third kappa shape index (κ3) is 0.883. The number of aromatic nitrogens is 2. The SMILES string of the molecule is C[C@H]1C[C@H]1c1nc(=S)o[nH]1. The van der Waals surface area contributed by atoms with Gasteiger partial charge in [-0.1, -0.05) is 6.92 Å². The predicted molar refractivity (Wildman–Crippen MR) is 38.2 cm³/mol. The molecule has 4 heteroatoms. The van der Waals surface area contributed by atoms with Gasteiger partial charge in [-0.25, -0.2) is 5.16 Å². The van der Waals surface area contributed by atoms with Crippen molar-refractivity contribution in [2.75, 3.05) is 0 Å². The number of rotatable bonds is 1. The second kappa shape index (κ2) is 1.92. The molecule has 3 nitrogen and oxygen atoms in total. The lowest BCUT2D eigenvalue weighted by atomic mass is 10.3. The molecule has 0 amide bonds. The molecular formula is C6H8N2OS. The Morgan fingerprint density at radius 3 is 2.90 bits per heavy atom. The van der Waals surface area contributed by atoms with Gasteiger partial charge in [-0.15, -0.1) is 0 Å². The van der Waals surface area contributed by atoms with Crippen molar-refractivity contribution in [1.29, 1.82) is 0 Å². The Morgan fingerprint density at radius 1 is 1.80 bits per heavy atom. The fraction of sp³-hybridized carbons (Fsp3) is 0.667. The second-order valence-electron chi connectivity index (χ2n) is 2.79. The first-order valence-corrected chi connectivity index (χ1v) is 3.73. The van der Waals surface area contributed by atoms with Crippen LogP contribution >= 0.6 is 12.2 Å². The molecule has 1 aromatic heterocycles. The summed E-state index contributed by atoms with van der Waals surface area (Å²) in [7, 11) is 0. The quantitative estimate of drug-likeness (QED) is 0.631. The van der Waals surface area contributed by atoms with Crippen molar-refractivity contribution in [2.45, 2.75) is 19.3 Å². The van der Waals surface area contributed by atoms with Crippen LogP contribution in [0.3, 0.4) is 0 Å². The van der Waals surface area contributed by atoms with E-state index in [0.29, 0.717) is 10.8 Å². The van der Waals surface area contributed by atoms with Gasteiger partial charge in [0.25, 0.3) is 0 Å². The van der Waals surface area contributed by atoms with E-state index in [1.165, 1.54) is 6.42 Å². The molecule has 1 heterocycles. The highest BCUT2D eigenvalue weighted by Gasteiger charge is 2.36. The zero-order chi connectivity index (χ0) is 7.14. The van der Waals surface area contributed by atoms with Gasteiger partial charge in [0.05, 0.1) is 0 Å². The average Bonchev–Trinajstić information content (AvgIpc) is 2.42. The fourth-order valence-corrected chi connectivity index (χ4v) is 1.24. The van der Waals surface area contributed by atoms with Gasteiger partial charge in [-0.2, -0.15) is 4.98 Å². The molecule has 0 unspecified atom stereocenters. The van der Waals surface area contributed by atoms with Gasteiger partial charge >= 0.3 is 4.84 Å². The number of hydrogen-bond acceptors (Lipinski definition) is 3. The van der Waals surface area contributed by atoms with Crippen LogP contribution in [-0.2, 0) is 0 Å². The number of H-pyrrole nitrogens is 1. The van der Waals surface area contributed by atoms with E-state index >= 15 is 0 Å². The summed E-state index contributed by atoms with van der Waals surface area (Å²) in [4.78, 5) is 4.33. The first kappa shape index (κ1) is 6.09. The van der Waals surface area contributed by atoms with E-state index in [2.05, 4.69) is 17.1 Å². The Morgan fingerprint density at radius 2 is 2.50 bits per heavy atom. The first-order valence-electron chi connectivity index (χ1n) is 3.33. The van der Waals surface area contributed by atoms with Gasteiger partial charge in [0.15, 0.2) is 0 Å². The molecule has 1 aliphatic rings. The van der Waals surface area contributed by atoms with E-state index in [4.69, 9.17) is 16.7 Å². The van der Waals surface area contributed by atoms with Crippen LogP contribution in [0.4, 0.5) is 0 Å². The first-order chi connectivity index (χ1) is 4.77. The van der Waals surface area contributed by atoms with Crippen LogP contribution in [0, 0.1) is 10.8 Å². The minimum atomic E-state index is 0.314. The standard InChI is InChI=1S/C6H8N2OS/c1-3-2-4(3)5-7-6(10)9-8-5/h3-4H,2H2,1H3,(H,7,8,10)/t3-,4+/m0/s1. The second-order valence-corrected chi connectivity index (χ2v) is 3.14. The molecule has 54 valence electrons. The molecule has 1 N–H and O–H groups in total. The third-order valence-electron chi connectivity index (χ3n) is 1.92. The Kier molecular flexibility index (Phi) is 1.17. The third-order valence-corrected chi connectivity index (χ3v) is 2.09. The molecule has 1 saturated carbocycles. The highest BCUT2D eigenvalue weighted by molar-refractivity contribution is 7.71. The molecule has 0 radical (unpaired) electrons. The van der Waals surface area contributed by atoms with E-state index < -0.39 is 0 Å². The molecule has 2 rings (SSSR count). The maximum Gasteiger partial charge on any atom is 0.314 e. The highest BCUT2D eigenvalue weighted by atomic mass is 32.1. The Hall–Kier alpha value is -0.640. The van der Waals surface area contributed by atoms with E-state index in [1.807, 2.05) is 0 Å². The molecule has 10 heavy (non-hydrogen) atoms. The summed E-state index contributed by atoms with van der Waals surface area (Å²) in [6.45, 7) is 2.19. The van der Waals surface area contributed by atoms with Crippen LogP contribution in [0.25, 0.3) is 0 Å².